The van der Waals surface area contributed by atoms with Crippen LogP contribution in [0.1, 0.15) is 19.4 Å². The van der Waals surface area contributed by atoms with Crippen molar-refractivity contribution in [1.82, 2.24) is 15.1 Å². The minimum absolute atomic E-state index is 0.0795. The summed E-state index contributed by atoms with van der Waals surface area (Å²) in [5, 5.41) is 12.1. The Morgan fingerprint density at radius 1 is 1.12 bits per heavy atom. The number of hydrogen-bond donors (Lipinski definition) is 2. The monoisotopic (exact) mass is 514 g/mol. The van der Waals surface area contributed by atoms with Crippen LogP contribution in [0.4, 0.5) is 31.1 Å². The SMILES string of the molecule is CC(C)N/C=C(/CN1CCN(C(=O)OC(C(F)(F)F)C(F)(F)F)CC1)C(=N)c1ccccc1Cl. The van der Waals surface area contributed by atoms with Gasteiger partial charge in [0, 0.05) is 61.1 Å². The van der Waals surface area contributed by atoms with Crippen LogP contribution >= 0.6 is 11.6 Å². The highest BCUT2D eigenvalue weighted by Gasteiger charge is 2.60. The number of ether oxygens (including phenoxy) is 1. The largest absolute Gasteiger partial charge is 0.434 e. The van der Waals surface area contributed by atoms with Gasteiger partial charge in [0.1, 0.15) is 0 Å². The van der Waals surface area contributed by atoms with Crippen molar-refractivity contribution in [2.75, 3.05) is 32.7 Å². The molecule has 34 heavy (non-hydrogen) atoms. The highest BCUT2D eigenvalue weighted by Crippen LogP contribution is 2.36. The summed E-state index contributed by atoms with van der Waals surface area (Å²) in [7, 11) is 0. The van der Waals surface area contributed by atoms with Crippen LogP contribution in [0.15, 0.2) is 36.0 Å². The van der Waals surface area contributed by atoms with Crippen LogP contribution < -0.4 is 5.32 Å². The van der Waals surface area contributed by atoms with Crippen molar-refractivity contribution in [3.63, 3.8) is 0 Å². The molecule has 0 spiro atoms. The number of piperazine rings is 1. The van der Waals surface area contributed by atoms with Gasteiger partial charge in [0.15, 0.2) is 0 Å². The van der Waals surface area contributed by atoms with E-state index in [2.05, 4.69) is 10.1 Å². The lowest BCUT2D eigenvalue weighted by Crippen LogP contribution is -2.53. The van der Waals surface area contributed by atoms with Gasteiger partial charge in [-0.25, -0.2) is 4.79 Å². The van der Waals surface area contributed by atoms with E-state index in [4.69, 9.17) is 17.0 Å². The molecule has 1 fully saturated rings. The van der Waals surface area contributed by atoms with Crippen LogP contribution in [-0.2, 0) is 4.74 Å². The van der Waals surface area contributed by atoms with Crippen molar-refractivity contribution in [3.05, 3.63) is 46.6 Å². The molecular formula is C21H25ClF6N4O2. The van der Waals surface area contributed by atoms with Crippen molar-refractivity contribution >= 4 is 23.4 Å². The topological polar surface area (TPSA) is 68.7 Å². The summed E-state index contributed by atoms with van der Waals surface area (Å²) in [6.45, 7) is 4.12. The standard InChI is InChI=1S/C21H25ClF6N4O2/c1-13(2)30-11-14(17(29)15-5-3-4-6-16(15)22)12-31-7-9-32(10-8-31)19(33)34-18(20(23,24)25)21(26,27)28/h3-6,11,13,18,29-30H,7-10,12H2,1-2H3/b14-11-,29-17?. The molecule has 2 rings (SSSR count). The summed E-state index contributed by atoms with van der Waals surface area (Å²) < 4.78 is 79.7. The molecule has 0 aromatic heterocycles. The minimum atomic E-state index is -5.77. The number of hydrogen-bond acceptors (Lipinski definition) is 5. The molecule has 13 heteroatoms. The average Bonchev–Trinajstić information content (AvgIpc) is 2.73. The van der Waals surface area contributed by atoms with Gasteiger partial charge in [-0.15, -0.1) is 0 Å². The molecule has 1 aromatic carbocycles. The zero-order valence-corrected chi connectivity index (χ0v) is 19.2. The zero-order valence-electron chi connectivity index (χ0n) is 18.4. The van der Waals surface area contributed by atoms with E-state index >= 15 is 0 Å². The Morgan fingerprint density at radius 3 is 2.18 bits per heavy atom. The number of benzene rings is 1. The summed E-state index contributed by atoms with van der Waals surface area (Å²) >= 11 is 6.21. The van der Waals surface area contributed by atoms with E-state index in [-0.39, 0.29) is 44.5 Å². The van der Waals surface area contributed by atoms with Crippen LogP contribution in [0.25, 0.3) is 0 Å². The molecular weight excluding hydrogens is 490 g/mol. The molecule has 0 saturated carbocycles. The van der Waals surface area contributed by atoms with Crippen LogP contribution in [0.3, 0.4) is 0 Å². The lowest BCUT2D eigenvalue weighted by molar-refractivity contribution is -0.308. The number of carbonyl (C=O) groups is 1. The number of nitrogens with one attached hydrogen (secondary N) is 2. The molecule has 1 aromatic rings. The third-order valence-electron chi connectivity index (χ3n) is 4.89. The van der Waals surface area contributed by atoms with Gasteiger partial charge in [0.2, 0.25) is 0 Å². The number of rotatable bonds is 7. The van der Waals surface area contributed by atoms with Crippen LogP contribution in [0, 0.1) is 5.41 Å². The van der Waals surface area contributed by atoms with E-state index in [1.165, 1.54) is 0 Å². The maximum Gasteiger partial charge on any atom is 0.434 e. The van der Waals surface area contributed by atoms with Crippen molar-refractivity contribution in [1.29, 1.82) is 5.41 Å². The zero-order chi connectivity index (χ0) is 25.7. The molecule has 1 aliphatic rings. The molecule has 0 atom stereocenters. The fourth-order valence-electron chi connectivity index (χ4n) is 3.13. The Kier molecular flexibility index (Phi) is 9.23. The number of alkyl halides is 6. The minimum Gasteiger partial charge on any atom is -0.426 e. The maximum atomic E-state index is 12.7. The van der Waals surface area contributed by atoms with E-state index in [9.17, 15) is 31.1 Å². The van der Waals surface area contributed by atoms with Gasteiger partial charge in [0.25, 0.3) is 6.10 Å². The first kappa shape index (κ1) is 27.8. The Morgan fingerprint density at radius 2 is 1.68 bits per heavy atom. The number of carbonyl (C=O) groups excluding carboxylic acids is 1. The van der Waals surface area contributed by atoms with Crippen molar-refractivity contribution in [2.45, 2.75) is 38.3 Å². The number of amides is 1. The van der Waals surface area contributed by atoms with Crippen LogP contribution in [0.2, 0.25) is 5.02 Å². The first-order valence-corrected chi connectivity index (χ1v) is 10.7. The Labute approximate surface area is 198 Å². The van der Waals surface area contributed by atoms with Crippen LogP contribution in [-0.4, -0.2) is 78.8 Å². The fraction of sp³-hybridized carbons (Fsp3) is 0.524. The average molecular weight is 515 g/mol. The molecule has 1 saturated heterocycles. The third-order valence-corrected chi connectivity index (χ3v) is 5.22. The summed E-state index contributed by atoms with van der Waals surface area (Å²) in [6.07, 6.45) is -15.7. The van der Waals surface area contributed by atoms with Crippen molar-refractivity contribution in [3.8, 4) is 0 Å². The van der Waals surface area contributed by atoms with Gasteiger partial charge < -0.3 is 15.0 Å². The molecule has 1 heterocycles. The second kappa shape index (κ2) is 11.3. The molecule has 0 unspecified atom stereocenters. The first-order valence-electron chi connectivity index (χ1n) is 10.3. The van der Waals surface area contributed by atoms with Gasteiger partial charge in [0.05, 0.1) is 5.71 Å². The Bertz CT molecular complexity index is 882. The predicted octanol–water partition coefficient (Wildman–Crippen LogP) is 4.84. The van der Waals surface area contributed by atoms with Gasteiger partial charge in [-0.3, -0.25) is 10.3 Å². The van der Waals surface area contributed by atoms with Crippen molar-refractivity contribution in [2.24, 2.45) is 0 Å². The van der Waals surface area contributed by atoms with E-state index in [1.54, 1.807) is 30.5 Å². The second-order valence-corrected chi connectivity index (χ2v) is 8.36. The lowest BCUT2D eigenvalue weighted by atomic mass is 10.0. The lowest BCUT2D eigenvalue weighted by Gasteiger charge is -2.35. The quantitative estimate of drug-likeness (QED) is 0.404. The molecule has 0 radical (unpaired) electrons. The second-order valence-electron chi connectivity index (χ2n) is 7.96. The van der Waals surface area contributed by atoms with E-state index in [1.807, 2.05) is 18.7 Å². The van der Waals surface area contributed by atoms with Gasteiger partial charge in [-0.05, 0) is 19.9 Å². The van der Waals surface area contributed by atoms with Gasteiger partial charge >= 0.3 is 18.4 Å². The highest BCUT2D eigenvalue weighted by atomic mass is 35.5. The maximum absolute atomic E-state index is 12.7. The number of halogens is 7. The van der Waals surface area contributed by atoms with E-state index < -0.39 is 24.5 Å². The van der Waals surface area contributed by atoms with Crippen molar-refractivity contribution < 1.29 is 35.9 Å². The molecule has 6 nitrogen and oxygen atoms in total. The number of nitrogens with zero attached hydrogens (tertiary/aromatic N) is 2. The highest BCUT2D eigenvalue weighted by molar-refractivity contribution is 6.35. The predicted molar refractivity (Wildman–Crippen MR) is 115 cm³/mol. The fourth-order valence-corrected chi connectivity index (χ4v) is 3.36. The molecule has 1 aliphatic heterocycles. The molecule has 2 N–H and O–H groups in total. The third kappa shape index (κ3) is 7.79. The Balaban J connectivity index is 2.04. The summed E-state index contributed by atoms with van der Waals surface area (Å²) in [5.74, 6) is 0. The normalized spacial score (nSPS) is 16.2. The summed E-state index contributed by atoms with van der Waals surface area (Å²) in [6, 6.07) is 6.90. The molecule has 0 bridgehead atoms. The van der Waals surface area contributed by atoms with Gasteiger partial charge in [-0.2, -0.15) is 26.3 Å². The summed E-state index contributed by atoms with van der Waals surface area (Å²) in [4.78, 5) is 14.6. The van der Waals surface area contributed by atoms with E-state index in [0.717, 1.165) is 4.90 Å². The van der Waals surface area contributed by atoms with E-state index in [0.29, 0.717) is 16.2 Å². The van der Waals surface area contributed by atoms with Crippen LogP contribution in [0.5, 0.6) is 0 Å². The van der Waals surface area contributed by atoms with Gasteiger partial charge in [-0.1, -0.05) is 29.8 Å². The molecule has 190 valence electrons. The molecule has 0 aliphatic carbocycles. The Hall–Kier alpha value is -2.47. The first-order chi connectivity index (χ1) is 15.7. The molecule has 1 amide bonds. The summed E-state index contributed by atoms with van der Waals surface area (Å²) in [5.41, 5.74) is 1.25. The smallest absolute Gasteiger partial charge is 0.426 e.